The fourth-order valence-corrected chi connectivity index (χ4v) is 2.63. The Morgan fingerprint density at radius 3 is 2.30 bits per heavy atom. The van der Waals surface area contributed by atoms with Crippen molar-refractivity contribution in [2.24, 2.45) is 0 Å². The molecule has 1 amide bonds. The minimum absolute atomic E-state index is 0.140. The van der Waals surface area contributed by atoms with E-state index < -0.39 is 0 Å². The number of nitrogens with zero attached hydrogens (tertiary/aromatic N) is 1. The highest BCUT2D eigenvalue weighted by Gasteiger charge is 2.19. The van der Waals surface area contributed by atoms with Crippen molar-refractivity contribution in [2.45, 2.75) is 12.8 Å². The second-order valence-electron chi connectivity index (χ2n) is 5.20. The second-order valence-corrected chi connectivity index (χ2v) is 5.20. The van der Waals surface area contributed by atoms with Crippen molar-refractivity contribution in [2.75, 3.05) is 18.8 Å². The summed E-state index contributed by atoms with van der Waals surface area (Å²) in [6, 6.07) is 15.5. The van der Waals surface area contributed by atoms with Gasteiger partial charge in [-0.2, -0.15) is 0 Å². The smallest absolute Gasteiger partial charge is 0.253 e. The van der Waals surface area contributed by atoms with Crippen LogP contribution < -0.4 is 5.73 Å². The first kappa shape index (κ1) is 12.7. The van der Waals surface area contributed by atoms with Crippen molar-refractivity contribution in [3.05, 3.63) is 54.1 Å². The summed E-state index contributed by atoms with van der Waals surface area (Å²) < 4.78 is 0. The Hall–Kier alpha value is -2.29. The van der Waals surface area contributed by atoms with Gasteiger partial charge in [0.05, 0.1) is 0 Å². The van der Waals surface area contributed by atoms with Gasteiger partial charge >= 0.3 is 0 Å². The molecule has 0 unspecified atom stereocenters. The first-order chi connectivity index (χ1) is 9.74. The molecule has 0 bridgehead atoms. The predicted octanol–water partition coefficient (Wildman–Crippen LogP) is 3.17. The average molecular weight is 266 g/mol. The molecule has 3 heteroatoms. The maximum absolute atomic E-state index is 12.3. The fourth-order valence-electron chi connectivity index (χ4n) is 2.63. The number of nitrogens with two attached hydrogens (primary N) is 1. The van der Waals surface area contributed by atoms with Crippen LogP contribution in [0.25, 0.3) is 11.1 Å². The summed E-state index contributed by atoms with van der Waals surface area (Å²) in [5, 5.41) is 0. The van der Waals surface area contributed by atoms with Gasteiger partial charge in [-0.25, -0.2) is 0 Å². The molecule has 1 aliphatic rings. The van der Waals surface area contributed by atoms with Gasteiger partial charge in [0.1, 0.15) is 0 Å². The van der Waals surface area contributed by atoms with Crippen LogP contribution in [0.4, 0.5) is 5.69 Å². The van der Waals surface area contributed by atoms with Crippen molar-refractivity contribution in [3.63, 3.8) is 0 Å². The first-order valence-corrected chi connectivity index (χ1v) is 6.99. The maximum atomic E-state index is 12.3. The summed E-state index contributed by atoms with van der Waals surface area (Å²) in [5.41, 5.74) is 9.46. The largest absolute Gasteiger partial charge is 0.399 e. The molecule has 20 heavy (non-hydrogen) atoms. The highest BCUT2D eigenvalue weighted by atomic mass is 16.2. The van der Waals surface area contributed by atoms with Gasteiger partial charge in [0.15, 0.2) is 0 Å². The number of rotatable bonds is 2. The summed E-state index contributed by atoms with van der Waals surface area (Å²) in [6.07, 6.45) is 2.24. The second kappa shape index (κ2) is 5.37. The summed E-state index contributed by atoms with van der Waals surface area (Å²) in [5.74, 6) is 0.140. The third-order valence-corrected chi connectivity index (χ3v) is 3.75. The zero-order chi connectivity index (χ0) is 13.9. The molecular formula is C17H18N2O. The lowest BCUT2D eigenvalue weighted by Gasteiger charge is -2.15. The molecule has 0 aromatic heterocycles. The van der Waals surface area contributed by atoms with E-state index in [2.05, 4.69) is 0 Å². The highest BCUT2D eigenvalue weighted by Crippen LogP contribution is 2.22. The van der Waals surface area contributed by atoms with E-state index in [1.807, 2.05) is 53.4 Å². The van der Waals surface area contributed by atoms with E-state index in [0.29, 0.717) is 0 Å². The number of carbonyl (C=O) groups is 1. The van der Waals surface area contributed by atoms with Gasteiger partial charge in [-0.05, 0) is 48.2 Å². The number of hydrogen-bond donors (Lipinski definition) is 1. The minimum Gasteiger partial charge on any atom is -0.399 e. The van der Waals surface area contributed by atoms with Gasteiger partial charge in [0.25, 0.3) is 5.91 Å². The third-order valence-electron chi connectivity index (χ3n) is 3.75. The van der Waals surface area contributed by atoms with Crippen molar-refractivity contribution in [3.8, 4) is 11.1 Å². The number of anilines is 1. The van der Waals surface area contributed by atoms with Crippen LogP contribution >= 0.6 is 0 Å². The van der Waals surface area contributed by atoms with Crippen LogP contribution in [0.2, 0.25) is 0 Å². The molecule has 3 nitrogen and oxygen atoms in total. The SMILES string of the molecule is Nc1cccc(-c2ccc(C(=O)N3CCCC3)cc2)c1. The Kier molecular flexibility index (Phi) is 3.42. The Bertz CT molecular complexity index is 613. The molecule has 0 radical (unpaired) electrons. The van der Waals surface area contributed by atoms with E-state index in [1.165, 1.54) is 0 Å². The quantitative estimate of drug-likeness (QED) is 0.849. The van der Waals surface area contributed by atoms with Gasteiger partial charge < -0.3 is 10.6 Å². The maximum Gasteiger partial charge on any atom is 0.253 e. The molecule has 102 valence electrons. The molecule has 0 atom stereocenters. The van der Waals surface area contributed by atoms with Crippen LogP contribution in [0.1, 0.15) is 23.2 Å². The molecule has 1 heterocycles. The summed E-state index contributed by atoms with van der Waals surface area (Å²) in [4.78, 5) is 14.2. The normalized spacial score (nSPS) is 14.5. The number of likely N-dealkylation sites (tertiary alicyclic amines) is 1. The number of benzene rings is 2. The molecule has 0 spiro atoms. The lowest BCUT2D eigenvalue weighted by molar-refractivity contribution is 0.0793. The predicted molar refractivity (Wildman–Crippen MR) is 81.4 cm³/mol. The summed E-state index contributed by atoms with van der Waals surface area (Å²) >= 11 is 0. The van der Waals surface area contributed by atoms with Crippen LogP contribution in [0.3, 0.4) is 0 Å². The molecule has 1 aliphatic heterocycles. The van der Waals surface area contributed by atoms with E-state index in [1.54, 1.807) is 0 Å². The molecular weight excluding hydrogens is 248 g/mol. The molecule has 0 saturated carbocycles. The molecule has 2 aromatic rings. The van der Waals surface area contributed by atoms with E-state index in [9.17, 15) is 4.79 Å². The molecule has 1 fully saturated rings. The zero-order valence-electron chi connectivity index (χ0n) is 11.4. The Morgan fingerprint density at radius 1 is 0.950 bits per heavy atom. The molecule has 0 aliphatic carbocycles. The number of hydrogen-bond acceptors (Lipinski definition) is 2. The number of amides is 1. The van der Waals surface area contributed by atoms with Gasteiger partial charge in [0, 0.05) is 24.3 Å². The Labute approximate surface area is 119 Å². The highest BCUT2D eigenvalue weighted by molar-refractivity contribution is 5.94. The van der Waals surface area contributed by atoms with Gasteiger partial charge in [-0.15, -0.1) is 0 Å². The van der Waals surface area contributed by atoms with E-state index in [0.717, 1.165) is 48.3 Å². The fraction of sp³-hybridized carbons (Fsp3) is 0.235. The van der Waals surface area contributed by atoms with Crippen LogP contribution in [0.15, 0.2) is 48.5 Å². The zero-order valence-corrected chi connectivity index (χ0v) is 11.4. The number of carbonyl (C=O) groups excluding carboxylic acids is 1. The van der Waals surface area contributed by atoms with Crippen molar-refractivity contribution < 1.29 is 4.79 Å². The van der Waals surface area contributed by atoms with Crippen molar-refractivity contribution >= 4 is 11.6 Å². The lowest BCUT2D eigenvalue weighted by atomic mass is 10.0. The van der Waals surface area contributed by atoms with Gasteiger partial charge in [0.2, 0.25) is 0 Å². The van der Waals surface area contributed by atoms with Crippen LogP contribution in [-0.4, -0.2) is 23.9 Å². The average Bonchev–Trinajstić information content (AvgIpc) is 3.01. The van der Waals surface area contributed by atoms with Crippen molar-refractivity contribution in [1.82, 2.24) is 4.90 Å². The van der Waals surface area contributed by atoms with E-state index >= 15 is 0 Å². The topological polar surface area (TPSA) is 46.3 Å². The van der Waals surface area contributed by atoms with E-state index in [4.69, 9.17) is 5.73 Å². The monoisotopic (exact) mass is 266 g/mol. The van der Waals surface area contributed by atoms with Gasteiger partial charge in [-0.1, -0.05) is 24.3 Å². The Morgan fingerprint density at radius 2 is 1.65 bits per heavy atom. The lowest BCUT2D eigenvalue weighted by Crippen LogP contribution is -2.27. The van der Waals surface area contributed by atoms with Crippen LogP contribution in [0, 0.1) is 0 Å². The summed E-state index contributed by atoms with van der Waals surface area (Å²) in [7, 11) is 0. The minimum atomic E-state index is 0.140. The Balaban J connectivity index is 1.82. The van der Waals surface area contributed by atoms with Gasteiger partial charge in [-0.3, -0.25) is 4.79 Å². The van der Waals surface area contributed by atoms with Crippen LogP contribution in [0.5, 0.6) is 0 Å². The molecule has 1 saturated heterocycles. The molecule has 3 rings (SSSR count). The van der Waals surface area contributed by atoms with E-state index in [-0.39, 0.29) is 5.91 Å². The first-order valence-electron chi connectivity index (χ1n) is 6.99. The van der Waals surface area contributed by atoms with Crippen LogP contribution in [-0.2, 0) is 0 Å². The molecule has 2 N–H and O–H groups in total. The summed E-state index contributed by atoms with van der Waals surface area (Å²) in [6.45, 7) is 1.77. The van der Waals surface area contributed by atoms with Crippen molar-refractivity contribution in [1.29, 1.82) is 0 Å². The molecule has 2 aromatic carbocycles. The number of nitrogen functional groups attached to an aromatic ring is 1. The third kappa shape index (κ3) is 2.52. The standard InChI is InChI=1S/C17H18N2O/c18-16-5-3-4-15(12-16)13-6-8-14(9-7-13)17(20)19-10-1-2-11-19/h3-9,12H,1-2,10-11,18H2.